The molecule has 1 aromatic heterocycles. The van der Waals surface area contributed by atoms with Gasteiger partial charge in [0.15, 0.2) is 0 Å². The van der Waals surface area contributed by atoms with Crippen LogP contribution in [0.15, 0.2) is 42.7 Å². The number of carbonyl (C=O) groups excluding carboxylic acids is 1. The molecule has 0 aliphatic carbocycles. The van der Waals surface area contributed by atoms with E-state index in [9.17, 15) is 4.79 Å². The monoisotopic (exact) mass is 369 g/mol. The van der Waals surface area contributed by atoms with Gasteiger partial charge < -0.3 is 15.0 Å². The van der Waals surface area contributed by atoms with Gasteiger partial charge in [-0.15, -0.1) is 0 Å². The van der Waals surface area contributed by atoms with Gasteiger partial charge in [-0.05, 0) is 30.2 Å². The Kier molecular flexibility index (Phi) is 6.98. The van der Waals surface area contributed by atoms with Gasteiger partial charge in [0.1, 0.15) is 5.75 Å². The van der Waals surface area contributed by atoms with Gasteiger partial charge in [0.25, 0.3) is 0 Å². The molecule has 1 fully saturated rings. The van der Waals surface area contributed by atoms with Gasteiger partial charge in [0.2, 0.25) is 11.9 Å². The largest absolute Gasteiger partial charge is 0.497 e. The number of nitrogens with one attached hydrogen (secondary N) is 1. The fourth-order valence-corrected chi connectivity index (χ4v) is 3.15. The molecule has 27 heavy (non-hydrogen) atoms. The van der Waals surface area contributed by atoms with E-state index in [1.165, 1.54) is 0 Å². The van der Waals surface area contributed by atoms with E-state index in [1.54, 1.807) is 19.5 Å². The summed E-state index contributed by atoms with van der Waals surface area (Å²) in [4.78, 5) is 25.2. The number of carbonyl (C=O) groups is 1. The summed E-state index contributed by atoms with van der Waals surface area (Å²) in [7, 11) is 1.66. The molecule has 0 radical (unpaired) electrons. The van der Waals surface area contributed by atoms with Crippen LogP contribution >= 0.6 is 0 Å². The number of ether oxygens (including phenoxy) is 1. The maximum absolute atomic E-state index is 12.1. The van der Waals surface area contributed by atoms with Crippen molar-refractivity contribution in [1.82, 2.24) is 20.2 Å². The van der Waals surface area contributed by atoms with Crippen LogP contribution in [0, 0.1) is 0 Å². The summed E-state index contributed by atoms with van der Waals surface area (Å²) in [6, 6.07) is 9.77. The molecule has 144 valence electrons. The predicted molar refractivity (Wildman–Crippen MR) is 105 cm³/mol. The normalized spacial score (nSPS) is 14.8. The highest BCUT2D eigenvalue weighted by Gasteiger charge is 2.19. The third kappa shape index (κ3) is 5.92. The molecule has 1 aliphatic rings. The summed E-state index contributed by atoms with van der Waals surface area (Å²) in [5.74, 6) is 1.73. The molecule has 1 N–H and O–H groups in total. The first kappa shape index (κ1) is 19.1. The topological polar surface area (TPSA) is 70.6 Å². The van der Waals surface area contributed by atoms with Crippen LogP contribution in [0.1, 0.15) is 12.0 Å². The number of hydrogen-bond donors (Lipinski definition) is 1. The second kappa shape index (κ2) is 9.87. The summed E-state index contributed by atoms with van der Waals surface area (Å²) in [5.41, 5.74) is 1.16. The minimum absolute atomic E-state index is 0.103. The molecule has 7 heteroatoms. The molecule has 1 aromatic carbocycles. The molecule has 1 saturated heterocycles. The van der Waals surface area contributed by atoms with Crippen LogP contribution in [-0.2, 0) is 11.2 Å². The number of anilines is 1. The molecular formula is C20H27N5O2. The van der Waals surface area contributed by atoms with Gasteiger partial charge in [-0.3, -0.25) is 9.69 Å². The Hall–Kier alpha value is -2.67. The summed E-state index contributed by atoms with van der Waals surface area (Å²) in [5, 5.41) is 3.01. The van der Waals surface area contributed by atoms with E-state index in [4.69, 9.17) is 4.74 Å². The number of rotatable bonds is 8. The van der Waals surface area contributed by atoms with Crippen LogP contribution in [0.2, 0.25) is 0 Å². The van der Waals surface area contributed by atoms with E-state index >= 15 is 0 Å². The average molecular weight is 369 g/mol. The second-order valence-electron chi connectivity index (χ2n) is 6.58. The Morgan fingerprint density at radius 2 is 1.93 bits per heavy atom. The third-order valence-corrected chi connectivity index (χ3v) is 4.73. The Morgan fingerprint density at radius 3 is 2.67 bits per heavy atom. The predicted octanol–water partition coefficient (Wildman–Crippen LogP) is 1.36. The van der Waals surface area contributed by atoms with Crippen LogP contribution in [0.4, 0.5) is 5.95 Å². The smallest absolute Gasteiger partial charge is 0.225 e. The van der Waals surface area contributed by atoms with Crippen molar-refractivity contribution in [3.05, 3.63) is 48.3 Å². The fraction of sp³-hybridized carbons (Fsp3) is 0.450. The van der Waals surface area contributed by atoms with Gasteiger partial charge in [-0.25, -0.2) is 9.97 Å². The second-order valence-corrected chi connectivity index (χ2v) is 6.58. The number of hydrogen-bond acceptors (Lipinski definition) is 6. The lowest BCUT2D eigenvalue weighted by atomic mass is 10.1. The zero-order chi connectivity index (χ0) is 18.9. The Bertz CT molecular complexity index is 717. The molecule has 1 aliphatic heterocycles. The van der Waals surface area contributed by atoms with Crippen molar-refractivity contribution < 1.29 is 9.53 Å². The lowest BCUT2D eigenvalue weighted by molar-refractivity contribution is -0.121. The summed E-state index contributed by atoms with van der Waals surface area (Å²) in [6.45, 7) is 5.06. The van der Waals surface area contributed by atoms with Gasteiger partial charge in [-0.1, -0.05) is 12.1 Å². The minimum Gasteiger partial charge on any atom is -0.497 e. The van der Waals surface area contributed by atoms with Crippen molar-refractivity contribution >= 4 is 11.9 Å². The van der Waals surface area contributed by atoms with E-state index in [0.717, 1.165) is 56.4 Å². The lowest BCUT2D eigenvalue weighted by Gasteiger charge is -2.34. The van der Waals surface area contributed by atoms with Crippen molar-refractivity contribution in [1.29, 1.82) is 0 Å². The summed E-state index contributed by atoms with van der Waals surface area (Å²) >= 11 is 0. The van der Waals surface area contributed by atoms with Gasteiger partial charge in [-0.2, -0.15) is 0 Å². The van der Waals surface area contributed by atoms with E-state index in [0.29, 0.717) is 13.0 Å². The molecule has 1 amide bonds. The number of piperazine rings is 1. The van der Waals surface area contributed by atoms with Crippen LogP contribution in [0.5, 0.6) is 5.75 Å². The first-order valence-corrected chi connectivity index (χ1v) is 9.38. The fourth-order valence-electron chi connectivity index (χ4n) is 3.15. The molecule has 7 nitrogen and oxygen atoms in total. The first-order chi connectivity index (χ1) is 13.2. The van der Waals surface area contributed by atoms with Gasteiger partial charge in [0.05, 0.1) is 7.11 Å². The highest BCUT2D eigenvalue weighted by Crippen LogP contribution is 2.12. The number of methoxy groups -OCH3 is 1. The van der Waals surface area contributed by atoms with Crippen LogP contribution < -0.4 is 15.0 Å². The summed E-state index contributed by atoms with van der Waals surface area (Å²) in [6.07, 6.45) is 4.87. The van der Waals surface area contributed by atoms with Crippen molar-refractivity contribution in [3.63, 3.8) is 0 Å². The molecule has 0 unspecified atom stereocenters. The van der Waals surface area contributed by atoms with E-state index in [-0.39, 0.29) is 5.91 Å². The molecule has 0 saturated carbocycles. The maximum atomic E-state index is 12.1. The van der Waals surface area contributed by atoms with Crippen molar-refractivity contribution in [2.75, 3.05) is 51.3 Å². The quantitative estimate of drug-likeness (QED) is 0.758. The number of nitrogens with zero attached hydrogens (tertiary/aromatic N) is 4. The molecular weight excluding hydrogens is 342 g/mol. The highest BCUT2D eigenvalue weighted by atomic mass is 16.5. The van der Waals surface area contributed by atoms with Crippen molar-refractivity contribution in [2.24, 2.45) is 0 Å². The standard InChI is InChI=1S/C20H27N5O2/c1-27-18-5-2-4-17(16-18)6-10-21-19(26)7-11-24-12-14-25(15-13-24)20-22-8-3-9-23-20/h2-5,8-9,16H,6-7,10-15H2,1H3,(H,21,26). The average Bonchev–Trinajstić information content (AvgIpc) is 2.73. The van der Waals surface area contributed by atoms with Crippen LogP contribution in [-0.4, -0.2) is 67.2 Å². The molecule has 3 rings (SSSR count). The number of aromatic nitrogens is 2. The number of amides is 1. The minimum atomic E-state index is 0.103. The Labute approximate surface area is 160 Å². The first-order valence-electron chi connectivity index (χ1n) is 9.38. The van der Waals surface area contributed by atoms with Crippen molar-refractivity contribution in [2.45, 2.75) is 12.8 Å². The molecule has 2 aromatic rings. The van der Waals surface area contributed by atoms with Gasteiger partial charge in [0, 0.05) is 58.1 Å². The zero-order valence-electron chi connectivity index (χ0n) is 15.8. The highest BCUT2D eigenvalue weighted by molar-refractivity contribution is 5.76. The van der Waals surface area contributed by atoms with E-state index < -0.39 is 0 Å². The van der Waals surface area contributed by atoms with E-state index in [2.05, 4.69) is 25.1 Å². The SMILES string of the molecule is COc1cccc(CCNC(=O)CCN2CCN(c3ncccn3)CC2)c1. The summed E-state index contributed by atoms with van der Waals surface area (Å²) < 4.78 is 5.22. The van der Waals surface area contributed by atoms with Crippen LogP contribution in [0.3, 0.4) is 0 Å². The molecule has 0 spiro atoms. The maximum Gasteiger partial charge on any atom is 0.225 e. The third-order valence-electron chi connectivity index (χ3n) is 4.73. The van der Waals surface area contributed by atoms with Gasteiger partial charge >= 0.3 is 0 Å². The molecule has 2 heterocycles. The molecule has 0 atom stereocenters. The Balaban J connectivity index is 1.31. The Morgan fingerprint density at radius 1 is 1.15 bits per heavy atom. The van der Waals surface area contributed by atoms with Crippen molar-refractivity contribution in [3.8, 4) is 5.75 Å². The zero-order valence-corrected chi connectivity index (χ0v) is 15.8. The van der Waals surface area contributed by atoms with E-state index in [1.807, 2.05) is 30.3 Å². The number of benzene rings is 1. The molecule has 0 bridgehead atoms. The van der Waals surface area contributed by atoms with Crippen LogP contribution in [0.25, 0.3) is 0 Å². The lowest BCUT2D eigenvalue weighted by Crippen LogP contribution is -2.47.